The van der Waals surface area contributed by atoms with Gasteiger partial charge in [0, 0.05) is 48.0 Å². The van der Waals surface area contributed by atoms with Gasteiger partial charge in [0.15, 0.2) is 0 Å². The molecule has 1 N–H and O–H groups in total. The number of nitrogens with one attached hydrogen (secondary N) is 1. The van der Waals surface area contributed by atoms with Crippen LogP contribution in [0.25, 0.3) is 10.9 Å². The minimum absolute atomic E-state index is 0.0846. The van der Waals surface area contributed by atoms with Crippen LogP contribution in [0.5, 0.6) is 5.75 Å². The van der Waals surface area contributed by atoms with Gasteiger partial charge in [0.1, 0.15) is 5.75 Å². The monoisotopic (exact) mass is 453 g/mol. The van der Waals surface area contributed by atoms with Gasteiger partial charge in [-0.15, -0.1) is 0 Å². The number of aryl methyl sites for hydroxylation is 1. The third-order valence-electron chi connectivity index (χ3n) is 6.54. The van der Waals surface area contributed by atoms with Gasteiger partial charge in [-0.2, -0.15) is 0 Å². The van der Waals surface area contributed by atoms with Crippen molar-refractivity contribution >= 4 is 28.4 Å². The van der Waals surface area contributed by atoms with Gasteiger partial charge in [-0.25, -0.2) is 0 Å². The molecule has 0 spiro atoms. The lowest BCUT2D eigenvalue weighted by atomic mass is 9.79. The Bertz CT molecular complexity index is 1370. The summed E-state index contributed by atoms with van der Waals surface area (Å²) < 4.78 is 7.56. The second kappa shape index (κ2) is 8.71. The van der Waals surface area contributed by atoms with Crippen molar-refractivity contribution in [3.63, 3.8) is 0 Å². The predicted octanol–water partition coefficient (Wildman–Crippen LogP) is 5.13. The molecule has 0 aliphatic carbocycles. The summed E-state index contributed by atoms with van der Waals surface area (Å²) in [5.41, 5.74) is 4.00. The van der Waals surface area contributed by atoms with E-state index in [1.54, 1.807) is 18.0 Å². The molecule has 0 unspecified atom stereocenters. The number of rotatable bonds is 5. The summed E-state index contributed by atoms with van der Waals surface area (Å²) >= 11 is 0. The Morgan fingerprint density at radius 2 is 1.65 bits per heavy atom. The largest absolute Gasteiger partial charge is 0.494 e. The Hall–Kier alpha value is -4.06. The number of benzene rings is 3. The van der Waals surface area contributed by atoms with Crippen molar-refractivity contribution < 1.29 is 14.3 Å². The van der Waals surface area contributed by atoms with Crippen molar-refractivity contribution in [2.24, 2.45) is 7.05 Å². The Kier molecular flexibility index (Phi) is 5.57. The highest BCUT2D eigenvalue weighted by Gasteiger charge is 2.43. The molecule has 2 atom stereocenters. The zero-order valence-electron chi connectivity index (χ0n) is 19.5. The average Bonchev–Trinajstić information content (AvgIpc) is 3.18. The van der Waals surface area contributed by atoms with Crippen LogP contribution >= 0.6 is 0 Å². The van der Waals surface area contributed by atoms with E-state index in [-0.39, 0.29) is 11.8 Å². The minimum Gasteiger partial charge on any atom is -0.494 e. The van der Waals surface area contributed by atoms with E-state index in [1.165, 1.54) is 0 Å². The number of anilines is 1. The number of hydrogen-bond acceptors (Lipinski definition) is 3. The summed E-state index contributed by atoms with van der Waals surface area (Å²) in [6, 6.07) is 22.4. The fourth-order valence-electron chi connectivity index (χ4n) is 4.98. The van der Waals surface area contributed by atoms with Crippen LogP contribution in [-0.4, -0.2) is 34.9 Å². The van der Waals surface area contributed by atoms with Crippen LogP contribution < -0.4 is 10.1 Å². The molecule has 0 radical (unpaired) electrons. The Balaban J connectivity index is 1.60. The van der Waals surface area contributed by atoms with E-state index in [0.29, 0.717) is 17.9 Å². The first-order chi connectivity index (χ1) is 16.5. The van der Waals surface area contributed by atoms with Gasteiger partial charge in [-0.05, 0) is 48.9 Å². The molecule has 4 aromatic rings. The van der Waals surface area contributed by atoms with Gasteiger partial charge in [0.05, 0.1) is 18.6 Å². The van der Waals surface area contributed by atoms with Crippen LogP contribution in [0.3, 0.4) is 0 Å². The average molecular weight is 454 g/mol. The lowest BCUT2D eigenvalue weighted by molar-refractivity contribution is -0.119. The van der Waals surface area contributed by atoms with Crippen molar-refractivity contribution in [2.45, 2.75) is 18.9 Å². The number of nitrogens with zero attached hydrogens (tertiary/aromatic N) is 2. The highest BCUT2D eigenvalue weighted by molar-refractivity contribution is 6.05. The molecule has 1 aromatic heterocycles. The minimum atomic E-state index is -0.573. The second-order valence-electron chi connectivity index (χ2n) is 8.58. The summed E-state index contributed by atoms with van der Waals surface area (Å²) in [7, 11) is 3.77. The summed E-state index contributed by atoms with van der Waals surface area (Å²) in [4.78, 5) is 28.9. The Labute approximate surface area is 198 Å². The summed E-state index contributed by atoms with van der Waals surface area (Å²) in [6.07, 6.45) is 2.03. The standard InChI is InChI=1S/C28H27N3O3/c1-4-34-19-15-13-18(14-16-19)29-27(32)25-21-10-5-6-11-22(21)28(33)31(3)26(25)23-17-30(2)24-12-8-7-9-20(23)24/h5-17,25-26H,4H2,1-3H3,(H,29,32)/t25-,26+/m0/s1. The lowest BCUT2D eigenvalue weighted by Gasteiger charge is -2.39. The molecule has 0 saturated carbocycles. The lowest BCUT2D eigenvalue weighted by Crippen LogP contribution is -2.44. The van der Waals surface area contributed by atoms with Crippen LogP contribution in [0.2, 0.25) is 0 Å². The van der Waals surface area contributed by atoms with Crippen molar-refractivity contribution in [3.05, 3.63) is 95.7 Å². The molecule has 1 aliphatic rings. The molecule has 2 amide bonds. The third-order valence-corrected chi connectivity index (χ3v) is 6.54. The molecular formula is C28H27N3O3. The van der Waals surface area contributed by atoms with Crippen LogP contribution in [0.15, 0.2) is 79.0 Å². The van der Waals surface area contributed by atoms with Crippen LogP contribution in [0.1, 0.15) is 40.4 Å². The second-order valence-corrected chi connectivity index (χ2v) is 8.58. The number of ether oxygens (including phenoxy) is 1. The first-order valence-corrected chi connectivity index (χ1v) is 11.4. The maximum absolute atomic E-state index is 13.8. The summed E-state index contributed by atoms with van der Waals surface area (Å²) in [5, 5.41) is 4.11. The molecule has 3 aromatic carbocycles. The maximum Gasteiger partial charge on any atom is 0.254 e. The van der Waals surface area contributed by atoms with Gasteiger partial charge in [0.25, 0.3) is 5.91 Å². The van der Waals surface area contributed by atoms with Crippen molar-refractivity contribution in [1.82, 2.24) is 9.47 Å². The molecule has 0 bridgehead atoms. The first kappa shape index (κ1) is 21.8. The van der Waals surface area contributed by atoms with E-state index in [9.17, 15) is 9.59 Å². The van der Waals surface area contributed by atoms with E-state index in [0.717, 1.165) is 27.8 Å². The van der Waals surface area contributed by atoms with Gasteiger partial charge in [-0.1, -0.05) is 36.4 Å². The number of amides is 2. The Morgan fingerprint density at radius 3 is 2.41 bits per heavy atom. The van der Waals surface area contributed by atoms with E-state index in [4.69, 9.17) is 4.74 Å². The third kappa shape index (κ3) is 3.61. The number of likely N-dealkylation sites (N-methyl/N-ethyl adjacent to an activating group) is 1. The van der Waals surface area contributed by atoms with E-state index < -0.39 is 12.0 Å². The van der Waals surface area contributed by atoms with Gasteiger partial charge in [0.2, 0.25) is 5.91 Å². The molecule has 6 heteroatoms. The van der Waals surface area contributed by atoms with E-state index in [1.807, 2.05) is 91.5 Å². The van der Waals surface area contributed by atoms with E-state index >= 15 is 0 Å². The van der Waals surface area contributed by atoms with Crippen molar-refractivity contribution in [1.29, 1.82) is 0 Å². The van der Waals surface area contributed by atoms with E-state index in [2.05, 4.69) is 5.32 Å². The van der Waals surface area contributed by atoms with Crippen LogP contribution in [0.4, 0.5) is 5.69 Å². The highest BCUT2D eigenvalue weighted by atomic mass is 16.5. The molecule has 0 fully saturated rings. The predicted molar refractivity (Wildman–Crippen MR) is 133 cm³/mol. The fourth-order valence-corrected chi connectivity index (χ4v) is 4.98. The SMILES string of the molecule is CCOc1ccc(NC(=O)[C@H]2c3ccccc3C(=O)N(C)[C@@H]2c2cn(C)c3ccccc23)cc1. The normalized spacial score (nSPS) is 17.5. The zero-order chi connectivity index (χ0) is 23.8. The molecule has 34 heavy (non-hydrogen) atoms. The number of hydrogen-bond donors (Lipinski definition) is 1. The Morgan fingerprint density at radius 1 is 0.941 bits per heavy atom. The van der Waals surface area contributed by atoms with Crippen LogP contribution in [0, 0.1) is 0 Å². The summed E-state index contributed by atoms with van der Waals surface area (Å²) in [6.45, 7) is 2.51. The molecule has 6 nitrogen and oxygen atoms in total. The number of carbonyl (C=O) groups excluding carboxylic acids is 2. The maximum atomic E-state index is 13.8. The molecule has 1 aliphatic heterocycles. The number of carbonyl (C=O) groups is 2. The number of fused-ring (bicyclic) bond motifs is 2. The van der Waals surface area contributed by atoms with Crippen molar-refractivity contribution in [2.75, 3.05) is 19.0 Å². The van der Waals surface area contributed by atoms with Crippen molar-refractivity contribution in [3.8, 4) is 5.75 Å². The highest BCUT2D eigenvalue weighted by Crippen LogP contribution is 2.44. The smallest absolute Gasteiger partial charge is 0.254 e. The molecule has 2 heterocycles. The molecule has 5 rings (SSSR count). The fraction of sp³-hybridized carbons (Fsp3) is 0.214. The van der Waals surface area contributed by atoms with Gasteiger partial charge in [-0.3, -0.25) is 9.59 Å². The molecule has 0 saturated heterocycles. The number of aromatic nitrogens is 1. The molecular weight excluding hydrogens is 426 g/mol. The molecule has 172 valence electrons. The van der Waals surface area contributed by atoms with Gasteiger partial charge >= 0.3 is 0 Å². The zero-order valence-corrected chi connectivity index (χ0v) is 19.5. The number of para-hydroxylation sites is 1. The first-order valence-electron chi connectivity index (χ1n) is 11.4. The topological polar surface area (TPSA) is 63.6 Å². The van der Waals surface area contributed by atoms with Gasteiger partial charge < -0.3 is 19.5 Å². The summed E-state index contributed by atoms with van der Waals surface area (Å²) in [5.74, 6) is -0.0636. The quantitative estimate of drug-likeness (QED) is 0.456. The van der Waals surface area contributed by atoms with Crippen LogP contribution in [-0.2, 0) is 11.8 Å².